The van der Waals surface area contributed by atoms with Crippen LogP contribution in [0.1, 0.15) is 30.1 Å². The van der Waals surface area contributed by atoms with Crippen molar-refractivity contribution in [3.05, 3.63) is 42.0 Å². The van der Waals surface area contributed by atoms with E-state index in [2.05, 4.69) is 6.92 Å². The minimum atomic E-state index is -0.952. The molecule has 0 saturated heterocycles. The SMILES string of the molecule is CCCCOc1cc2ccccc2cc1C(=O)O. The summed E-state index contributed by atoms with van der Waals surface area (Å²) < 4.78 is 5.57. The fraction of sp³-hybridized carbons (Fsp3) is 0.267. The highest BCUT2D eigenvalue weighted by Crippen LogP contribution is 2.26. The van der Waals surface area contributed by atoms with Gasteiger partial charge in [0.05, 0.1) is 6.61 Å². The summed E-state index contributed by atoms with van der Waals surface area (Å²) in [5.74, 6) is -0.498. The van der Waals surface area contributed by atoms with Gasteiger partial charge < -0.3 is 9.84 Å². The van der Waals surface area contributed by atoms with Crippen molar-refractivity contribution in [1.29, 1.82) is 0 Å². The second kappa shape index (κ2) is 5.54. The van der Waals surface area contributed by atoms with Crippen LogP contribution in [-0.2, 0) is 0 Å². The Morgan fingerprint density at radius 2 is 1.89 bits per heavy atom. The van der Waals surface area contributed by atoms with Gasteiger partial charge in [-0.3, -0.25) is 0 Å². The van der Waals surface area contributed by atoms with Crippen LogP contribution < -0.4 is 4.74 Å². The first kappa shape index (κ1) is 12.4. The zero-order chi connectivity index (χ0) is 13.0. The highest BCUT2D eigenvalue weighted by molar-refractivity contribution is 5.97. The standard InChI is InChI=1S/C15H16O3/c1-2-3-8-18-14-10-12-7-5-4-6-11(12)9-13(14)15(16)17/h4-7,9-10H,2-3,8H2,1H3,(H,16,17). The van der Waals surface area contributed by atoms with Crippen molar-refractivity contribution in [2.24, 2.45) is 0 Å². The molecule has 0 atom stereocenters. The van der Waals surface area contributed by atoms with Gasteiger partial charge in [0.25, 0.3) is 0 Å². The molecule has 2 aromatic carbocycles. The lowest BCUT2D eigenvalue weighted by Gasteiger charge is -2.10. The third-order valence-electron chi connectivity index (χ3n) is 2.83. The molecule has 18 heavy (non-hydrogen) atoms. The highest BCUT2D eigenvalue weighted by Gasteiger charge is 2.12. The molecule has 3 heteroatoms. The third kappa shape index (κ3) is 2.62. The molecule has 2 aromatic rings. The van der Waals surface area contributed by atoms with E-state index in [-0.39, 0.29) is 5.56 Å². The van der Waals surface area contributed by atoms with Crippen LogP contribution in [0.15, 0.2) is 36.4 Å². The molecule has 0 fully saturated rings. The van der Waals surface area contributed by atoms with Crippen LogP contribution in [0.2, 0.25) is 0 Å². The second-order valence-corrected chi connectivity index (χ2v) is 4.20. The van der Waals surface area contributed by atoms with Gasteiger partial charge >= 0.3 is 5.97 Å². The first-order valence-corrected chi connectivity index (χ1v) is 6.11. The molecule has 0 amide bonds. The summed E-state index contributed by atoms with van der Waals surface area (Å²) >= 11 is 0. The molecular formula is C15H16O3. The van der Waals surface area contributed by atoms with Crippen molar-refractivity contribution in [2.45, 2.75) is 19.8 Å². The highest BCUT2D eigenvalue weighted by atomic mass is 16.5. The van der Waals surface area contributed by atoms with Crippen LogP contribution in [-0.4, -0.2) is 17.7 Å². The van der Waals surface area contributed by atoms with E-state index in [0.717, 1.165) is 23.6 Å². The second-order valence-electron chi connectivity index (χ2n) is 4.20. The number of hydrogen-bond acceptors (Lipinski definition) is 2. The lowest BCUT2D eigenvalue weighted by atomic mass is 10.1. The van der Waals surface area contributed by atoms with Gasteiger partial charge in [-0.1, -0.05) is 37.6 Å². The van der Waals surface area contributed by atoms with Crippen LogP contribution in [0.25, 0.3) is 10.8 Å². The van der Waals surface area contributed by atoms with Crippen molar-refractivity contribution in [3.63, 3.8) is 0 Å². The zero-order valence-electron chi connectivity index (χ0n) is 10.3. The molecule has 0 aliphatic rings. The molecule has 94 valence electrons. The molecule has 0 aliphatic carbocycles. The molecule has 3 nitrogen and oxygen atoms in total. The Morgan fingerprint density at radius 1 is 1.22 bits per heavy atom. The molecule has 0 aliphatic heterocycles. The summed E-state index contributed by atoms with van der Waals surface area (Å²) in [5, 5.41) is 11.1. The normalized spacial score (nSPS) is 10.5. The lowest BCUT2D eigenvalue weighted by molar-refractivity contribution is 0.0692. The number of benzene rings is 2. The predicted octanol–water partition coefficient (Wildman–Crippen LogP) is 3.72. The van der Waals surface area contributed by atoms with E-state index in [1.54, 1.807) is 12.1 Å². The molecule has 2 rings (SSSR count). The summed E-state index contributed by atoms with van der Waals surface area (Å²) in [5.41, 5.74) is 0.227. The van der Waals surface area contributed by atoms with E-state index in [9.17, 15) is 9.90 Å². The molecule has 0 radical (unpaired) electrons. The van der Waals surface area contributed by atoms with Gasteiger partial charge in [-0.05, 0) is 29.3 Å². The maximum Gasteiger partial charge on any atom is 0.339 e. The molecule has 0 bridgehead atoms. The molecule has 0 saturated carbocycles. The van der Waals surface area contributed by atoms with Crippen LogP contribution in [0, 0.1) is 0 Å². The minimum Gasteiger partial charge on any atom is -0.493 e. The van der Waals surface area contributed by atoms with Crippen molar-refractivity contribution >= 4 is 16.7 Å². The number of aromatic carboxylic acids is 1. The fourth-order valence-corrected chi connectivity index (χ4v) is 1.83. The Bertz CT molecular complexity index is 561. The van der Waals surface area contributed by atoms with Crippen molar-refractivity contribution in [2.75, 3.05) is 6.61 Å². The van der Waals surface area contributed by atoms with E-state index in [0.29, 0.717) is 12.4 Å². The van der Waals surface area contributed by atoms with Gasteiger partial charge in [0.15, 0.2) is 0 Å². The van der Waals surface area contributed by atoms with E-state index in [4.69, 9.17) is 4.74 Å². The Morgan fingerprint density at radius 3 is 2.50 bits per heavy atom. The summed E-state index contributed by atoms with van der Waals surface area (Å²) in [6.07, 6.45) is 1.95. The molecule has 1 N–H and O–H groups in total. The van der Waals surface area contributed by atoms with Gasteiger partial charge in [-0.2, -0.15) is 0 Å². The Hall–Kier alpha value is -2.03. The zero-order valence-corrected chi connectivity index (χ0v) is 10.3. The largest absolute Gasteiger partial charge is 0.493 e. The predicted molar refractivity (Wildman–Crippen MR) is 71.3 cm³/mol. The smallest absolute Gasteiger partial charge is 0.339 e. The average molecular weight is 244 g/mol. The number of rotatable bonds is 5. The summed E-state index contributed by atoms with van der Waals surface area (Å²) in [6.45, 7) is 2.62. The quantitative estimate of drug-likeness (QED) is 0.815. The van der Waals surface area contributed by atoms with Crippen LogP contribution >= 0.6 is 0 Å². The van der Waals surface area contributed by atoms with Gasteiger partial charge in [0, 0.05) is 0 Å². The third-order valence-corrected chi connectivity index (χ3v) is 2.83. The molecule has 0 spiro atoms. The van der Waals surface area contributed by atoms with Gasteiger partial charge in [-0.15, -0.1) is 0 Å². The Kier molecular flexibility index (Phi) is 3.82. The van der Waals surface area contributed by atoms with Crippen LogP contribution in [0.3, 0.4) is 0 Å². The number of carbonyl (C=O) groups is 1. The first-order valence-electron chi connectivity index (χ1n) is 6.11. The number of fused-ring (bicyclic) bond motifs is 1. The molecule has 0 unspecified atom stereocenters. The lowest BCUT2D eigenvalue weighted by Crippen LogP contribution is -2.04. The monoisotopic (exact) mass is 244 g/mol. The van der Waals surface area contributed by atoms with E-state index in [1.807, 2.05) is 24.3 Å². The van der Waals surface area contributed by atoms with Gasteiger partial charge in [0.1, 0.15) is 11.3 Å². The minimum absolute atomic E-state index is 0.227. The Balaban J connectivity index is 2.41. The van der Waals surface area contributed by atoms with E-state index < -0.39 is 5.97 Å². The van der Waals surface area contributed by atoms with Crippen molar-refractivity contribution in [3.8, 4) is 5.75 Å². The van der Waals surface area contributed by atoms with Gasteiger partial charge in [0.2, 0.25) is 0 Å². The number of hydrogen-bond donors (Lipinski definition) is 1. The Labute approximate surface area is 106 Å². The topological polar surface area (TPSA) is 46.5 Å². The summed E-state index contributed by atoms with van der Waals surface area (Å²) in [6, 6.07) is 11.1. The number of unbranched alkanes of at least 4 members (excludes halogenated alkanes) is 1. The molecule has 0 aromatic heterocycles. The van der Waals surface area contributed by atoms with Crippen molar-refractivity contribution < 1.29 is 14.6 Å². The summed E-state index contributed by atoms with van der Waals surface area (Å²) in [7, 11) is 0. The number of carboxylic acids is 1. The first-order chi connectivity index (χ1) is 8.72. The van der Waals surface area contributed by atoms with Crippen LogP contribution in [0.4, 0.5) is 0 Å². The molecular weight excluding hydrogens is 228 g/mol. The van der Waals surface area contributed by atoms with E-state index >= 15 is 0 Å². The number of carboxylic acid groups (broad SMARTS) is 1. The fourth-order valence-electron chi connectivity index (χ4n) is 1.83. The maximum absolute atomic E-state index is 11.2. The number of ether oxygens (including phenoxy) is 1. The van der Waals surface area contributed by atoms with Crippen molar-refractivity contribution in [1.82, 2.24) is 0 Å². The molecule has 0 heterocycles. The average Bonchev–Trinajstić information content (AvgIpc) is 2.38. The van der Waals surface area contributed by atoms with Gasteiger partial charge in [-0.25, -0.2) is 4.79 Å². The summed E-state index contributed by atoms with van der Waals surface area (Å²) in [4.78, 5) is 11.2. The van der Waals surface area contributed by atoms with E-state index in [1.165, 1.54) is 0 Å². The maximum atomic E-state index is 11.2. The van der Waals surface area contributed by atoms with Crippen LogP contribution in [0.5, 0.6) is 5.75 Å².